The number of H-pyrrole nitrogens is 1. The molecule has 4 rings (SSSR count). The molecule has 1 aromatic heterocycles. The van der Waals surface area contributed by atoms with Crippen molar-refractivity contribution in [1.82, 2.24) is 15.2 Å². The van der Waals surface area contributed by atoms with Crippen LogP contribution in [0.1, 0.15) is 10.4 Å². The van der Waals surface area contributed by atoms with Crippen LogP contribution in [0, 0.1) is 0 Å². The summed E-state index contributed by atoms with van der Waals surface area (Å²) in [5.41, 5.74) is 3.00. The number of amides is 1. The number of hydrogen-bond donors (Lipinski definition) is 3. The summed E-state index contributed by atoms with van der Waals surface area (Å²) in [4.78, 5) is 17.0. The first kappa shape index (κ1) is 20.3. The van der Waals surface area contributed by atoms with Gasteiger partial charge in [0.25, 0.3) is 5.91 Å². The lowest BCUT2D eigenvalue weighted by molar-refractivity contribution is 0.102. The summed E-state index contributed by atoms with van der Waals surface area (Å²) >= 11 is 0. The van der Waals surface area contributed by atoms with E-state index < -0.39 is 10.0 Å². The molecule has 1 heterocycles. The Hall–Kier alpha value is -3.98. The minimum Gasteiger partial charge on any atom is -0.322 e. The van der Waals surface area contributed by atoms with Crippen LogP contribution < -0.4 is 10.0 Å². The molecule has 0 saturated heterocycles. The fourth-order valence-corrected chi connectivity index (χ4v) is 3.52. The molecule has 9 heteroatoms. The van der Waals surface area contributed by atoms with Gasteiger partial charge >= 0.3 is 0 Å². The number of carbonyl (C=O) groups is 1. The van der Waals surface area contributed by atoms with Crippen molar-refractivity contribution in [3.63, 3.8) is 0 Å². The molecule has 0 aliphatic rings. The van der Waals surface area contributed by atoms with Crippen molar-refractivity contribution in [1.29, 1.82) is 0 Å². The molecule has 31 heavy (non-hydrogen) atoms. The van der Waals surface area contributed by atoms with Gasteiger partial charge in [-0.25, -0.2) is 13.4 Å². The van der Waals surface area contributed by atoms with Crippen molar-refractivity contribution in [2.75, 3.05) is 16.3 Å². The van der Waals surface area contributed by atoms with Crippen molar-refractivity contribution in [3.05, 3.63) is 84.4 Å². The van der Waals surface area contributed by atoms with Crippen LogP contribution in [0.4, 0.5) is 11.4 Å². The van der Waals surface area contributed by atoms with E-state index in [2.05, 4.69) is 25.2 Å². The Bertz CT molecular complexity index is 1320. The van der Waals surface area contributed by atoms with Gasteiger partial charge in [-0.05, 0) is 42.5 Å². The molecule has 0 fully saturated rings. The normalized spacial score (nSPS) is 11.1. The third kappa shape index (κ3) is 5.14. The largest absolute Gasteiger partial charge is 0.322 e. The van der Waals surface area contributed by atoms with Crippen LogP contribution in [0.15, 0.2) is 78.9 Å². The first-order valence-electron chi connectivity index (χ1n) is 9.35. The van der Waals surface area contributed by atoms with Crippen LogP contribution in [0.25, 0.3) is 22.8 Å². The topological polar surface area (TPSA) is 117 Å². The number of aromatic nitrogens is 3. The van der Waals surface area contributed by atoms with Gasteiger partial charge in [0.2, 0.25) is 10.0 Å². The Kier molecular flexibility index (Phi) is 5.50. The molecule has 0 radical (unpaired) electrons. The second-order valence-electron chi connectivity index (χ2n) is 6.86. The van der Waals surface area contributed by atoms with Gasteiger partial charge in [-0.3, -0.25) is 14.6 Å². The molecule has 3 N–H and O–H groups in total. The Balaban J connectivity index is 1.46. The Labute approximate surface area is 179 Å². The number of carbonyl (C=O) groups excluding carboxylic acids is 1. The molecule has 0 aliphatic heterocycles. The molecule has 0 bridgehead atoms. The SMILES string of the molecule is CS(=O)(=O)Nc1cccc(C(=O)Nc2ccc(-c3nc(-c4ccccc4)n[nH]3)cc2)c1. The van der Waals surface area contributed by atoms with Gasteiger partial charge in [0.1, 0.15) is 0 Å². The Morgan fingerprint density at radius 3 is 2.32 bits per heavy atom. The van der Waals surface area contributed by atoms with Crippen LogP contribution in [-0.4, -0.2) is 35.8 Å². The maximum Gasteiger partial charge on any atom is 0.255 e. The standard InChI is InChI=1S/C22H19N5O3S/c1-31(29,30)27-19-9-5-8-17(14-19)22(28)23-18-12-10-16(11-13-18)21-24-20(25-26-21)15-6-3-2-4-7-15/h2-14,27H,1H3,(H,23,28)(H,24,25,26). The van der Waals surface area contributed by atoms with Gasteiger partial charge in [-0.1, -0.05) is 36.4 Å². The monoisotopic (exact) mass is 433 g/mol. The molecule has 0 spiro atoms. The first-order valence-corrected chi connectivity index (χ1v) is 11.2. The number of nitrogens with zero attached hydrogens (tertiary/aromatic N) is 2. The van der Waals surface area contributed by atoms with E-state index in [4.69, 9.17) is 0 Å². The van der Waals surface area contributed by atoms with Crippen molar-refractivity contribution >= 4 is 27.3 Å². The summed E-state index contributed by atoms with van der Waals surface area (Å²) in [6.45, 7) is 0. The number of rotatable bonds is 6. The van der Waals surface area contributed by atoms with Gasteiger partial charge in [-0.15, -0.1) is 0 Å². The Morgan fingerprint density at radius 1 is 0.871 bits per heavy atom. The molecule has 156 valence electrons. The lowest BCUT2D eigenvalue weighted by atomic mass is 10.1. The average molecular weight is 433 g/mol. The number of nitrogens with one attached hydrogen (secondary N) is 3. The zero-order chi connectivity index (χ0) is 21.8. The summed E-state index contributed by atoms with van der Waals surface area (Å²) in [6.07, 6.45) is 1.05. The maximum atomic E-state index is 12.5. The van der Waals surface area contributed by atoms with Crippen molar-refractivity contribution in [2.45, 2.75) is 0 Å². The molecule has 0 atom stereocenters. The van der Waals surface area contributed by atoms with E-state index in [1.165, 1.54) is 6.07 Å². The van der Waals surface area contributed by atoms with Gasteiger partial charge < -0.3 is 5.32 Å². The molecule has 0 unspecified atom stereocenters. The Morgan fingerprint density at radius 2 is 1.61 bits per heavy atom. The molecule has 1 amide bonds. The number of anilines is 2. The molecule has 0 saturated carbocycles. The van der Waals surface area contributed by atoms with Gasteiger partial charge in [0, 0.05) is 28.1 Å². The van der Waals surface area contributed by atoms with E-state index >= 15 is 0 Å². The molecule has 4 aromatic rings. The lowest BCUT2D eigenvalue weighted by Gasteiger charge is -2.08. The summed E-state index contributed by atoms with van der Waals surface area (Å²) in [7, 11) is -3.42. The van der Waals surface area contributed by atoms with E-state index in [-0.39, 0.29) is 5.91 Å². The van der Waals surface area contributed by atoms with Gasteiger partial charge in [0.15, 0.2) is 11.6 Å². The van der Waals surface area contributed by atoms with E-state index in [1.54, 1.807) is 30.3 Å². The maximum absolute atomic E-state index is 12.5. The predicted octanol–water partition coefficient (Wildman–Crippen LogP) is 3.76. The number of hydrogen-bond acceptors (Lipinski definition) is 5. The van der Waals surface area contributed by atoms with Crippen LogP contribution in [-0.2, 0) is 10.0 Å². The van der Waals surface area contributed by atoms with Crippen LogP contribution in [0.3, 0.4) is 0 Å². The third-order valence-corrected chi connectivity index (χ3v) is 4.97. The highest BCUT2D eigenvalue weighted by molar-refractivity contribution is 7.92. The second-order valence-corrected chi connectivity index (χ2v) is 8.61. The summed E-state index contributed by atoms with van der Waals surface area (Å²) in [5.74, 6) is 0.878. The predicted molar refractivity (Wildman–Crippen MR) is 120 cm³/mol. The highest BCUT2D eigenvalue weighted by atomic mass is 32.2. The van der Waals surface area contributed by atoms with Crippen LogP contribution >= 0.6 is 0 Å². The minimum absolute atomic E-state index is 0.324. The number of aromatic amines is 1. The zero-order valence-electron chi connectivity index (χ0n) is 16.5. The average Bonchev–Trinajstić information content (AvgIpc) is 3.24. The number of benzene rings is 3. The molecular formula is C22H19N5O3S. The highest BCUT2D eigenvalue weighted by Gasteiger charge is 2.10. The van der Waals surface area contributed by atoms with Crippen molar-refractivity contribution in [2.24, 2.45) is 0 Å². The third-order valence-electron chi connectivity index (χ3n) is 4.36. The minimum atomic E-state index is -3.42. The smallest absolute Gasteiger partial charge is 0.255 e. The summed E-state index contributed by atoms with van der Waals surface area (Å²) in [6, 6.07) is 23.1. The van der Waals surface area contributed by atoms with Gasteiger partial charge in [-0.2, -0.15) is 5.10 Å². The zero-order valence-corrected chi connectivity index (χ0v) is 17.3. The fourth-order valence-electron chi connectivity index (χ4n) is 2.96. The molecular weight excluding hydrogens is 414 g/mol. The van der Waals surface area contributed by atoms with Crippen molar-refractivity contribution in [3.8, 4) is 22.8 Å². The quantitative estimate of drug-likeness (QED) is 0.428. The summed E-state index contributed by atoms with van der Waals surface area (Å²) in [5, 5.41) is 9.97. The van der Waals surface area contributed by atoms with E-state index in [0.29, 0.717) is 28.6 Å². The van der Waals surface area contributed by atoms with E-state index in [0.717, 1.165) is 17.4 Å². The molecule has 8 nitrogen and oxygen atoms in total. The second kappa shape index (κ2) is 8.41. The van der Waals surface area contributed by atoms with Crippen molar-refractivity contribution < 1.29 is 13.2 Å². The summed E-state index contributed by atoms with van der Waals surface area (Å²) < 4.78 is 25.1. The van der Waals surface area contributed by atoms with E-state index in [9.17, 15) is 13.2 Å². The van der Waals surface area contributed by atoms with Gasteiger partial charge in [0.05, 0.1) is 6.26 Å². The lowest BCUT2D eigenvalue weighted by Crippen LogP contribution is -2.13. The first-order chi connectivity index (χ1) is 14.9. The number of sulfonamides is 1. The molecule has 3 aromatic carbocycles. The van der Waals surface area contributed by atoms with E-state index in [1.807, 2.05) is 42.5 Å². The highest BCUT2D eigenvalue weighted by Crippen LogP contribution is 2.22. The van der Waals surface area contributed by atoms with Crippen LogP contribution in [0.5, 0.6) is 0 Å². The molecule has 0 aliphatic carbocycles. The fraction of sp³-hybridized carbons (Fsp3) is 0.0455. The van der Waals surface area contributed by atoms with Crippen LogP contribution in [0.2, 0.25) is 0 Å².